The number of carbonyl (C=O) groups excluding carboxylic acids is 1. The average molecular weight is 319 g/mol. The van der Waals surface area contributed by atoms with Gasteiger partial charge in [0.05, 0.1) is 25.1 Å². The molecular formula is C15H21N5O3. The van der Waals surface area contributed by atoms with Crippen molar-refractivity contribution in [3.05, 3.63) is 24.7 Å². The SMILES string of the molecule is CCOC(=O)CN(C)c1nccc(-n2cc(OC(C)C)cn2)n1. The van der Waals surface area contributed by atoms with Crippen molar-refractivity contribution in [1.82, 2.24) is 19.7 Å². The van der Waals surface area contributed by atoms with Gasteiger partial charge in [0.15, 0.2) is 11.6 Å². The van der Waals surface area contributed by atoms with Crippen molar-refractivity contribution in [2.75, 3.05) is 25.1 Å². The largest absolute Gasteiger partial charge is 0.488 e. The number of carbonyl (C=O) groups is 1. The van der Waals surface area contributed by atoms with E-state index < -0.39 is 0 Å². The lowest BCUT2D eigenvalue weighted by atomic mass is 10.5. The van der Waals surface area contributed by atoms with E-state index in [1.807, 2.05) is 13.8 Å². The fourth-order valence-electron chi connectivity index (χ4n) is 1.89. The molecule has 2 aromatic heterocycles. The molecule has 2 heterocycles. The zero-order valence-electron chi connectivity index (χ0n) is 13.8. The third-order valence-corrected chi connectivity index (χ3v) is 2.81. The van der Waals surface area contributed by atoms with Gasteiger partial charge in [0.2, 0.25) is 5.95 Å². The van der Waals surface area contributed by atoms with Gasteiger partial charge in [-0.05, 0) is 20.8 Å². The average Bonchev–Trinajstić information content (AvgIpc) is 2.95. The highest BCUT2D eigenvalue weighted by Gasteiger charge is 2.12. The van der Waals surface area contributed by atoms with E-state index in [4.69, 9.17) is 9.47 Å². The molecule has 23 heavy (non-hydrogen) atoms. The Labute approximate surface area is 135 Å². The van der Waals surface area contributed by atoms with Crippen molar-refractivity contribution in [2.45, 2.75) is 26.9 Å². The molecule has 0 saturated carbocycles. The molecule has 0 spiro atoms. The summed E-state index contributed by atoms with van der Waals surface area (Å²) in [7, 11) is 1.73. The Bertz CT molecular complexity index is 656. The Hall–Kier alpha value is -2.64. The summed E-state index contributed by atoms with van der Waals surface area (Å²) in [4.78, 5) is 21.7. The van der Waals surface area contributed by atoms with Gasteiger partial charge in [-0.15, -0.1) is 0 Å². The molecule has 0 saturated heterocycles. The van der Waals surface area contributed by atoms with Crippen LogP contribution in [0.3, 0.4) is 0 Å². The van der Waals surface area contributed by atoms with Crippen LogP contribution >= 0.6 is 0 Å². The number of anilines is 1. The third-order valence-electron chi connectivity index (χ3n) is 2.81. The molecule has 2 rings (SSSR count). The van der Waals surface area contributed by atoms with Gasteiger partial charge in [-0.25, -0.2) is 9.67 Å². The van der Waals surface area contributed by atoms with Crippen LogP contribution in [0.15, 0.2) is 24.7 Å². The molecule has 0 aliphatic carbocycles. The van der Waals surface area contributed by atoms with E-state index in [9.17, 15) is 4.79 Å². The van der Waals surface area contributed by atoms with Crippen molar-refractivity contribution in [2.24, 2.45) is 0 Å². The number of esters is 1. The lowest BCUT2D eigenvalue weighted by Gasteiger charge is -2.16. The summed E-state index contributed by atoms with van der Waals surface area (Å²) in [5.41, 5.74) is 0. The summed E-state index contributed by atoms with van der Waals surface area (Å²) in [6.45, 7) is 6.09. The maximum Gasteiger partial charge on any atom is 0.325 e. The van der Waals surface area contributed by atoms with Gasteiger partial charge in [0.1, 0.15) is 6.54 Å². The van der Waals surface area contributed by atoms with Crippen molar-refractivity contribution in [3.8, 4) is 11.6 Å². The van der Waals surface area contributed by atoms with Gasteiger partial charge in [-0.1, -0.05) is 0 Å². The zero-order valence-corrected chi connectivity index (χ0v) is 13.8. The molecule has 124 valence electrons. The summed E-state index contributed by atoms with van der Waals surface area (Å²) in [6.07, 6.45) is 5.07. The first-order valence-electron chi connectivity index (χ1n) is 7.41. The summed E-state index contributed by atoms with van der Waals surface area (Å²) in [6, 6.07) is 1.73. The summed E-state index contributed by atoms with van der Waals surface area (Å²) >= 11 is 0. The van der Waals surface area contributed by atoms with Gasteiger partial charge in [0.25, 0.3) is 0 Å². The van der Waals surface area contributed by atoms with E-state index in [0.29, 0.717) is 24.1 Å². The Morgan fingerprint density at radius 2 is 2.22 bits per heavy atom. The Balaban J connectivity index is 2.13. The van der Waals surface area contributed by atoms with Crippen molar-refractivity contribution >= 4 is 11.9 Å². The highest BCUT2D eigenvalue weighted by molar-refractivity contribution is 5.74. The molecule has 0 aliphatic rings. The van der Waals surface area contributed by atoms with Crippen LogP contribution in [0.5, 0.6) is 5.75 Å². The number of hydrogen-bond acceptors (Lipinski definition) is 7. The second-order valence-corrected chi connectivity index (χ2v) is 5.16. The van der Waals surface area contributed by atoms with Crippen LogP contribution in [0.1, 0.15) is 20.8 Å². The maximum absolute atomic E-state index is 11.5. The molecule has 0 amide bonds. The molecule has 8 nitrogen and oxygen atoms in total. The van der Waals surface area contributed by atoms with Crippen molar-refractivity contribution < 1.29 is 14.3 Å². The predicted octanol–water partition coefficient (Wildman–Crippen LogP) is 1.45. The molecule has 8 heteroatoms. The number of hydrogen-bond donors (Lipinski definition) is 0. The minimum atomic E-state index is -0.323. The van der Waals surface area contributed by atoms with Crippen LogP contribution in [0, 0.1) is 0 Å². The van der Waals surface area contributed by atoms with E-state index in [2.05, 4.69) is 15.1 Å². The molecule has 0 radical (unpaired) electrons. The minimum absolute atomic E-state index is 0.0734. The minimum Gasteiger partial charge on any atom is -0.488 e. The van der Waals surface area contributed by atoms with Crippen molar-refractivity contribution in [3.63, 3.8) is 0 Å². The van der Waals surface area contributed by atoms with Crippen LogP contribution in [0.2, 0.25) is 0 Å². The van der Waals surface area contributed by atoms with E-state index in [1.165, 1.54) is 0 Å². The van der Waals surface area contributed by atoms with E-state index in [1.54, 1.807) is 48.2 Å². The van der Waals surface area contributed by atoms with Gasteiger partial charge < -0.3 is 14.4 Å². The Morgan fingerprint density at radius 3 is 2.91 bits per heavy atom. The number of nitrogens with zero attached hydrogens (tertiary/aromatic N) is 5. The van der Waals surface area contributed by atoms with Gasteiger partial charge >= 0.3 is 5.97 Å². The molecule has 0 unspecified atom stereocenters. The number of ether oxygens (including phenoxy) is 2. The molecule has 2 aromatic rings. The molecule has 0 aromatic carbocycles. The molecule has 0 atom stereocenters. The highest BCUT2D eigenvalue weighted by Crippen LogP contribution is 2.15. The number of aromatic nitrogens is 4. The summed E-state index contributed by atoms with van der Waals surface area (Å²) in [5, 5.41) is 4.22. The standard InChI is InChI=1S/C15H21N5O3/c1-5-22-14(21)10-19(4)15-16-7-6-13(18-15)20-9-12(8-17-20)23-11(2)3/h6-9,11H,5,10H2,1-4H3. The van der Waals surface area contributed by atoms with Gasteiger partial charge in [-0.2, -0.15) is 10.1 Å². The summed E-state index contributed by atoms with van der Waals surface area (Å²) < 4.78 is 12.1. The van der Waals surface area contributed by atoms with E-state index in [-0.39, 0.29) is 18.6 Å². The maximum atomic E-state index is 11.5. The second kappa shape index (κ2) is 7.57. The predicted molar refractivity (Wildman–Crippen MR) is 84.8 cm³/mol. The van der Waals surface area contributed by atoms with Gasteiger partial charge in [-0.3, -0.25) is 4.79 Å². The van der Waals surface area contributed by atoms with Gasteiger partial charge in [0, 0.05) is 19.3 Å². The number of rotatable bonds is 7. The first kappa shape index (κ1) is 16.7. The Kier molecular flexibility index (Phi) is 5.51. The monoisotopic (exact) mass is 319 g/mol. The normalized spacial score (nSPS) is 10.7. The van der Waals surface area contributed by atoms with E-state index in [0.717, 1.165) is 0 Å². The fraction of sp³-hybridized carbons (Fsp3) is 0.467. The third kappa shape index (κ3) is 4.67. The van der Waals surface area contributed by atoms with Crippen LogP contribution in [0.4, 0.5) is 5.95 Å². The second-order valence-electron chi connectivity index (χ2n) is 5.16. The first-order valence-corrected chi connectivity index (χ1v) is 7.41. The lowest BCUT2D eigenvalue weighted by Crippen LogP contribution is -2.28. The van der Waals surface area contributed by atoms with Crippen LogP contribution in [0.25, 0.3) is 5.82 Å². The topological polar surface area (TPSA) is 82.4 Å². The van der Waals surface area contributed by atoms with E-state index >= 15 is 0 Å². The molecule has 0 aliphatic heterocycles. The zero-order chi connectivity index (χ0) is 16.8. The quantitative estimate of drug-likeness (QED) is 0.714. The number of likely N-dealkylation sites (N-methyl/N-ethyl adjacent to an activating group) is 1. The highest BCUT2D eigenvalue weighted by atomic mass is 16.5. The molecule has 0 bridgehead atoms. The Morgan fingerprint density at radius 1 is 1.43 bits per heavy atom. The lowest BCUT2D eigenvalue weighted by molar-refractivity contribution is -0.141. The van der Waals surface area contributed by atoms with Crippen LogP contribution in [-0.4, -0.2) is 52.0 Å². The molecular weight excluding hydrogens is 298 g/mol. The van der Waals surface area contributed by atoms with Crippen LogP contribution in [-0.2, 0) is 9.53 Å². The fourth-order valence-corrected chi connectivity index (χ4v) is 1.89. The van der Waals surface area contributed by atoms with Crippen molar-refractivity contribution in [1.29, 1.82) is 0 Å². The smallest absolute Gasteiger partial charge is 0.325 e. The van der Waals surface area contributed by atoms with Crippen LogP contribution < -0.4 is 9.64 Å². The molecule has 0 fully saturated rings. The first-order chi connectivity index (χ1) is 11.0. The molecule has 0 N–H and O–H groups in total. The summed E-state index contributed by atoms with van der Waals surface area (Å²) in [5.74, 6) is 1.34.